The molecule has 0 aliphatic carbocycles. The normalized spacial score (nSPS) is 13.9. The zero-order valence-electron chi connectivity index (χ0n) is 25.3. The van der Waals surface area contributed by atoms with Crippen molar-refractivity contribution in [2.24, 2.45) is 16.2 Å². The summed E-state index contributed by atoms with van der Waals surface area (Å²) in [6.07, 6.45) is 14.3. The monoisotopic (exact) mass is 682 g/mol. The van der Waals surface area contributed by atoms with Crippen LogP contribution in [0.2, 0.25) is 0 Å². The van der Waals surface area contributed by atoms with Crippen LogP contribution >= 0.6 is 0 Å². The van der Waals surface area contributed by atoms with E-state index in [1.54, 1.807) is 27.7 Å². The van der Waals surface area contributed by atoms with Gasteiger partial charge in [-0.15, -0.1) is 0 Å². The van der Waals surface area contributed by atoms with Gasteiger partial charge in [0.15, 0.2) is 0 Å². The summed E-state index contributed by atoms with van der Waals surface area (Å²) in [5, 5.41) is 32.1. The summed E-state index contributed by atoms with van der Waals surface area (Å²) in [6, 6.07) is 0. The molecule has 7 heteroatoms. The molecule has 2 unspecified atom stereocenters. The summed E-state index contributed by atoms with van der Waals surface area (Å²) in [6.45, 7) is 17.3. The van der Waals surface area contributed by atoms with Crippen molar-refractivity contribution in [1.82, 2.24) is 0 Å². The number of aliphatic carboxylic acids is 3. The molecule has 0 saturated carbocycles. The Labute approximate surface area is 258 Å². The first-order chi connectivity index (χ1) is 16.6. The Hall–Kier alpha value is -0.356. The minimum Gasteiger partial charge on any atom is -0.550 e. The average molecular weight is 683 g/mol. The van der Waals surface area contributed by atoms with Crippen LogP contribution in [0.4, 0.5) is 0 Å². The van der Waals surface area contributed by atoms with Crippen molar-refractivity contribution in [3.63, 3.8) is 0 Å². The molecular formula is C30H57O6Tm. The molecule has 0 aliphatic rings. The molecule has 0 amide bonds. The van der Waals surface area contributed by atoms with E-state index in [4.69, 9.17) is 0 Å². The summed E-state index contributed by atoms with van der Waals surface area (Å²) in [4.78, 5) is 32.1. The third kappa shape index (κ3) is 22.2. The summed E-state index contributed by atoms with van der Waals surface area (Å²) in [5.41, 5.74) is -1.84. The molecule has 0 aromatic carbocycles. The molecule has 6 nitrogen and oxygen atoms in total. The molecule has 0 saturated heterocycles. The van der Waals surface area contributed by atoms with E-state index < -0.39 is 34.2 Å². The van der Waals surface area contributed by atoms with Gasteiger partial charge in [-0.25, -0.2) is 0 Å². The standard InChI is InChI=1S/3C10H20O2.Tm/c1-4-5-6-7-8-10(2,3)9(11)12;1-4-6-7-8-10(3,5-2)9(11)12;1-4-6-8-10(3,7-5-2)9(11)12;/h3*4-8H2,1-3H3,(H,11,12);/q;;;+3/p-3. The topological polar surface area (TPSA) is 120 Å². The number of hydrogen-bond donors (Lipinski definition) is 0. The van der Waals surface area contributed by atoms with Gasteiger partial charge in [0.25, 0.3) is 0 Å². The maximum Gasteiger partial charge on any atom is 3.00 e. The van der Waals surface area contributed by atoms with Gasteiger partial charge in [-0.1, -0.05) is 127 Å². The molecule has 2 atom stereocenters. The van der Waals surface area contributed by atoms with Crippen molar-refractivity contribution in [1.29, 1.82) is 0 Å². The molecule has 0 spiro atoms. The fourth-order valence-electron chi connectivity index (χ4n) is 3.73. The van der Waals surface area contributed by atoms with Crippen LogP contribution in [-0.2, 0) is 14.4 Å². The van der Waals surface area contributed by atoms with Gasteiger partial charge in [0.05, 0.1) is 0 Å². The Morgan fingerprint density at radius 3 is 1.24 bits per heavy atom. The van der Waals surface area contributed by atoms with Gasteiger partial charge in [-0.3, -0.25) is 0 Å². The van der Waals surface area contributed by atoms with E-state index in [0.717, 1.165) is 77.0 Å². The molecule has 37 heavy (non-hydrogen) atoms. The van der Waals surface area contributed by atoms with Gasteiger partial charge >= 0.3 is 36.9 Å². The second kappa shape index (κ2) is 24.7. The summed E-state index contributed by atoms with van der Waals surface area (Å²) in [7, 11) is 0. The van der Waals surface area contributed by atoms with Gasteiger partial charge in [0.1, 0.15) is 0 Å². The van der Waals surface area contributed by atoms with Crippen LogP contribution in [-0.4, -0.2) is 17.9 Å². The van der Waals surface area contributed by atoms with Crippen molar-refractivity contribution < 1.29 is 66.6 Å². The molecule has 0 aliphatic heterocycles. The van der Waals surface area contributed by atoms with Gasteiger partial charge in [-0.2, -0.15) is 0 Å². The molecule has 0 bridgehead atoms. The van der Waals surface area contributed by atoms with E-state index >= 15 is 0 Å². The van der Waals surface area contributed by atoms with Crippen LogP contribution in [0.5, 0.6) is 0 Å². The predicted molar refractivity (Wildman–Crippen MR) is 143 cm³/mol. The smallest absolute Gasteiger partial charge is 0.550 e. The molecule has 0 aromatic heterocycles. The molecular weight excluding hydrogens is 625 g/mol. The fraction of sp³-hybridized carbons (Fsp3) is 0.900. The minimum atomic E-state index is -0.931. The second-order valence-electron chi connectivity index (χ2n) is 11.3. The van der Waals surface area contributed by atoms with Crippen molar-refractivity contribution in [2.45, 2.75) is 159 Å². The number of unbranched alkanes of at least 4 members (excludes halogenated alkanes) is 6. The van der Waals surface area contributed by atoms with Crippen LogP contribution in [0.3, 0.4) is 0 Å². The quantitative estimate of drug-likeness (QED) is 0.184. The van der Waals surface area contributed by atoms with Gasteiger partial charge in [0, 0.05) is 34.2 Å². The largest absolute Gasteiger partial charge is 3.00 e. The Kier molecular flexibility index (Phi) is 29.1. The SMILES string of the molecule is CCCCC(C)(CCC)C(=O)[O-].CCCCCC(C)(CC)C(=O)[O-].CCCCCCC(C)(C)C(=O)[O-].[Tm+3]. The Morgan fingerprint density at radius 2 is 0.892 bits per heavy atom. The summed E-state index contributed by atoms with van der Waals surface area (Å²) >= 11 is 0. The number of carbonyl (C=O) groups excluding carboxylic acids is 3. The van der Waals surface area contributed by atoms with Crippen LogP contribution < -0.4 is 15.3 Å². The van der Waals surface area contributed by atoms with Crippen molar-refractivity contribution in [3.05, 3.63) is 0 Å². The molecule has 0 heterocycles. The first-order valence-electron chi connectivity index (χ1n) is 14.3. The van der Waals surface area contributed by atoms with Crippen LogP contribution in [0.25, 0.3) is 0 Å². The number of hydrogen-bond acceptors (Lipinski definition) is 6. The van der Waals surface area contributed by atoms with E-state index in [1.165, 1.54) is 12.8 Å². The molecule has 0 fully saturated rings. The molecule has 0 radical (unpaired) electrons. The maximum absolute atomic E-state index is 10.8. The van der Waals surface area contributed by atoms with E-state index in [9.17, 15) is 29.7 Å². The second-order valence-corrected chi connectivity index (χ2v) is 11.3. The summed E-state index contributed by atoms with van der Waals surface area (Å²) < 4.78 is 0. The van der Waals surface area contributed by atoms with E-state index in [1.807, 2.05) is 13.8 Å². The molecule has 0 aromatic rings. The first kappa shape index (κ1) is 43.7. The maximum atomic E-state index is 10.8. The van der Waals surface area contributed by atoms with Crippen LogP contribution in [0, 0.1) is 53.1 Å². The molecule has 226 valence electrons. The third-order valence-electron chi connectivity index (χ3n) is 7.19. The minimum absolute atomic E-state index is 0. The zero-order valence-corrected chi connectivity index (χ0v) is 27.1. The fourth-order valence-corrected chi connectivity index (χ4v) is 3.73. The van der Waals surface area contributed by atoms with Crippen LogP contribution in [0.1, 0.15) is 159 Å². The number of rotatable bonds is 18. The Morgan fingerprint density at radius 1 is 0.486 bits per heavy atom. The molecule has 0 N–H and O–H groups in total. The van der Waals surface area contributed by atoms with Gasteiger partial charge < -0.3 is 29.7 Å². The van der Waals surface area contributed by atoms with E-state index in [-0.39, 0.29) is 36.9 Å². The number of carbonyl (C=O) groups is 3. The first-order valence-corrected chi connectivity index (χ1v) is 14.3. The Balaban J connectivity index is -0.000000218. The average Bonchev–Trinajstić information content (AvgIpc) is 2.81. The number of carboxylic acid groups (broad SMARTS) is 3. The van der Waals surface area contributed by atoms with E-state index in [2.05, 4.69) is 20.8 Å². The van der Waals surface area contributed by atoms with Crippen LogP contribution in [0.15, 0.2) is 0 Å². The van der Waals surface area contributed by atoms with E-state index in [0.29, 0.717) is 6.42 Å². The van der Waals surface area contributed by atoms with Gasteiger partial charge in [0.2, 0.25) is 0 Å². The Bertz CT molecular complexity index is 593. The third-order valence-corrected chi connectivity index (χ3v) is 7.19. The zero-order chi connectivity index (χ0) is 28.8. The predicted octanol–water partition coefficient (Wildman–Crippen LogP) is 5.20. The van der Waals surface area contributed by atoms with Crippen molar-refractivity contribution in [2.75, 3.05) is 0 Å². The molecule has 0 rings (SSSR count). The van der Waals surface area contributed by atoms with Crippen molar-refractivity contribution in [3.8, 4) is 0 Å². The number of carboxylic acids is 3. The van der Waals surface area contributed by atoms with Gasteiger partial charge in [-0.05, 0) is 32.1 Å². The summed E-state index contributed by atoms with van der Waals surface area (Å²) in [5.74, 6) is -2.72. The van der Waals surface area contributed by atoms with Crippen molar-refractivity contribution >= 4 is 17.9 Å².